The van der Waals surface area contributed by atoms with Crippen LogP contribution in [0.3, 0.4) is 0 Å². The molecule has 16 heavy (non-hydrogen) atoms. The highest BCUT2D eigenvalue weighted by Crippen LogP contribution is 2.22. The molecule has 98 valence electrons. The third-order valence-corrected chi connectivity index (χ3v) is 2.92. The maximum Gasteiger partial charge on any atom is 0.108 e. The summed E-state index contributed by atoms with van der Waals surface area (Å²) in [7, 11) is 4.09. The SMILES string of the molecule is CC(C)CC(C(C)C)C(O)NCCN(C)C. The van der Waals surface area contributed by atoms with Crippen LogP contribution in [-0.4, -0.2) is 43.4 Å². The van der Waals surface area contributed by atoms with Crippen molar-refractivity contribution in [2.75, 3.05) is 27.2 Å². The van der Waals surface area contributed by atoms with Gasteiger partial charge < -0.3 is 10.0 Å². The average Bonchev–Trinajstić information content (AvgIpc) is 2.12. The largest absolute Gasteiger partial charge is 0.378 e. The zero-order valence-corrected chi connectivity index (χ0v) is 11.8. The van der Waals surface area contributed by atoms with Gasteiger partial charge in [-0.05, 0) is 32.4 Å². The van der Waals surface area contributed by atoms with Crippen molar-refractivity contribution in [3.63, 3.8) is 0 Å². The molecule has 0 radical (unpaired) electrons. The lowest BCUT2D eigenvalue weighted by Crippen LogP contribution is -2.42. The Balaban J connectivity index is 4.01. The molecule has 2 atom stereocenters. The van der Waals surface area contributed by atoms with Crippen molar-refractivity contribution >= 4 is 0 Å². The first-order chi connectivity index (χ1) is 7.34. The number of nitrogens with zero attached hydrogens (tertiary/aromatic N) is 1. The molecule has 0 saturated heterocycles. The maximum absolute atomic E-state index is 10.1. The summed E-state index contributed by atoms with van der Waals surface area (Å²) in [6.45, 7) is 10.6. The molecule has 0 fully saturated rings. The van der Waals surface area contributed by atoms with Crippen LogP contribution in [0.4, 0.5) is 0 Å². The van der Waals surface area contributed by atoms with Crippen molar-refractivity contribution < 1.29 is 5.11 Å². The van der Waals surface area contributed by atoms with Crippen molar-refractivity contribution in [2.45, 2.75) is 40.3 Å². The zero-order chi connectivity index (χ0) is 12.7. The molecule has 0 aromatic heterocycles. The number of rotatable bonds is 8. The summed E-state index contributed by atoms with van der Waals surface area (Å²) in [5.41, 5.74) is 0. The van der Waals surface area contributed by atoms with Crippen molar-refractivity contribution in [2.24, 2.45) is 17.8 Å². The Labute approximate surface area is 101 Å². The summed E-state index contributed by atoms with van der Waals surface area (Å²) >= 11 is 0. The third-order valence-electron chi connectivity index (χ3n) is 2.92. The molecule has 0 aromatic carbocycles. The molecule has 3 heteroatoms. The summed E-state index contributed by atoms with van der Waals surface area (Å²) < 4.78 is 0. The Morgan fingerprint density at radius 1 is 1.12 bits per heavy atom. The molecule has 2 N–H and O–H groups in total. The van der Waals surface area contributed by atoms with Crippen LogP contribution < -0.4 is 5.32 Å². The van der Waals surface area contributed by atoms with Crippen LogP contribution in [0.1, 0.15) is 34.1 Å². The minimum Gasteiger partial charge on any atom is -0.378 e. The van der Waals surface area contributed by atoms with Gasteiger partial charge in [0.15, 0.2) is 0 Å². The molecule has 0 amide bonds. The zero-order valence-electron chi connectivity index (χ0n) is 11.8. The van der Waals surface area contributed by atoms with Gasteiger partial charge in [-0.25, -0.2) is 0 Å². The van der Waals surface area contributed by atoms with Gasteiger partial charge in [0.2, 0.25) is 0 Å². The van der Waals surface area contributed by atoms with Gasteiger partial charge in [-0.3, -0.25) is 5.32 Å². The van der Waals surface area contributed by atoms with E-state index in [9.17, 15) is 5.11 Å². The first kappa shape index (κ1) is 15.9. The van der Waals surface area contributed by atoms with E-state index in [1.54, 1.807) is 0 Å². The number of aliphatic hydroxyl groups excluding tert-OH is 1. The van der Waals surface area contributed by atoms with Gasteiger partial charge in [0.25, 0.3) is 0 Å². The summed E-state index contributed by atoms with van der Waals surface area (Å²) in [6.07, 6.45) is 0.704. The van der Waals surface area contributed by atoms with E-state index in [0.29, 0.717) is 17.8 Å². The average molecular weight is 230 g/mol. The Kier molecular flexibility index (Phi) is 7.98. The molecule has 0 rings (SSSR count). The van der Waals surface area contributed by atoms with Gasteiger partial charge in [-0.1, -0.05) is 27.7 Å². The normalized spacial score (nSPS) is 16.1. The molecule has 0 heterocycles. The number of hydrogen-bond acceptors (Lipinski definition) is 3. The first-order valence-electron chi connectivity index (χ1n) is 6.40. The molecule has 0 bridgehead atoms. The number of aliphatic hydroxyl groups is 1. The highest BCUT2D eigenvalue weighted by Gasteiger charge is 2.22. The fraction of sp³-hybridized carbons (Fsp3) is 1.00. The molecule has 0 aliphatic heterocycles. The van der Waals surface area contributed by atoms with Crippen molar-refractivity contribution in [1.82, 2.24) is 10.2 Å². The molecule has 0 spiro atoms. The number of hydrogen-bond donors (Lipinski definition) is 2. The van der Waals surface area contributed by atoms with E-state index < -0.39 is 0 Å². The summed E-state index contributed by atoms with van der Waals surface area (Å²) in [6, 6.07) is 0. The molecule has 0 aromatic rings. The van der Waals surface area contributed by atoms with Crippen LogP contribution in [0.15, 0.2) is 0 Å². The summed E-state index contributed by atoms with van der Waals surface area (Å²) in [5, 5.41) is 13.3. The summed E-state index contributed by atoms with van der Waals surface area (Å²) in [5.74, 6) is 1.50. The van der Waals surface area contributed by atoms with Crippen LogP contribution in [0.5, 0.6) is 0 Å². The molecular weight excluding hydrogens is 200 g/mol. The highest BCUT2D eigenvalue weighted by molar-refractivity contribution is 4.72. The number of likely N-dealkylation sites (N-methyl/N-ethyl adjacent to an activating group) is 1. The standard InChI is InChI=1S/C13H30N2O/c1-10(2)9-12(11(3)4)13(16)14-7-8-15(5)6/h10-14,16H,7-9H2,1-6H3. The highest BCUT2D eigenvalue weighted by atomic mass is 16.3. The minimum absolute atomic E-state index is 0.349. The van der Waals surface area contributed by atoms with E-state index in [0.717, 1.165) is 19.5 Å². The predicted octanol–water partition coefficient (Wildman–Crippen LogP) is 1.77. The molecule has 0 saturated carbocycles. The molecular formula is C13H30N2O. The third kappa shape index (κ3) is 7.20. The first-order valence-corrected chi connectivity index (χ1v) is 6.40. The van der Waals surface area contributed by atoms with Gasteiger partial charge in [0, 0.05) is 19.0 Å². The van der Waals surface area contributed by atoms with E-state index in [1.165, 1.54) is 0 Å². The Hall–Kier alpha value is -0.120. The van der Waals surface area contributed by atoms with Crippen LogP contribution >= 0.6 is 0 Å². The minimum atomic E-state index is -0.373. The smallest absolute Gasteiger partial charge is 0.108 e. The number of nitrogens with one attached hydrogen (secondary N) is 1. The van der Waals surface area contributed by atoms with E-state index in [1.807, 2.05) is 14.1 Å². The van der Waals surface area contributed by atoms with Gasteiger partial charge in [0.05, 0.1) is 0 Å². The van der Waals surface area contributed by atoms with Gasteiger partial charge >= 0.3 is 0 Å². The molecule has 3 nitrogen and oxygen atoms in total. The fourth-order valence-corrected chi connectivity index (χ4v) is 1.90. The Bertz CT molecular complexity index is 169. The predicted molar refractivity (Wildman–Crippen MR) is 70.3 cm³/mol. The van der Waals surface area contributed by atoms with Crippen LogP contribution in [0.25, 0.3) is 0 Å². The molecule has 0 aliphatic rings. The quantitative estimate of drug-likeness (QED) is 0.624. The van der Waals surface area contributed by atoms with Gasteiger partial charge in [0.1, 0.15) is 6.23 Å². The van der Waals surface area contributed by atoms with Crippen LogP contribution in [-0.2, 0) is 0 Å². The van der Waals surface area contributed by atoms with Crippen LogP contribution in [0, 0.1) is 17.8 Å². The summed E-state index contributed by atoms with van der Waals surface area (Å²) in [4.78, 5) is 2.12. The van der Waals surface area contributed by atoms with Crippen molar-refractivity contribution in [3.8, 4) is 0 Å². The monoisotopic (exact) mass is 230 g/mol. The lowest BCUT2D eigenvalue weighted by molar-refractivity contribution is 0.0393. The Morgan fingerprint density at radius 3 is 2.06 bits per heavy atom. The second-order valence-corrected chi connectivity index (χ2v) is 5.74. The van der Waals surface area contributed by atoms with E-state index in [-0.39, 0.29) is 6.23 Å². The van der Waals surface area contributed by atoms with Crippen molar-refractivity contribution in [1.29, 1.82) is 0 Å². The topological polar surface area (TPSA) is 35.5 Å². The second kappa shape index (κ2) is 8.04. The van der Waals surface area contributed by atoms with E-state index in [2.05, 4.69) is 37.9 Å². The van der Waals surface area contributed by atoms with Gasteiger partial charge in [-0.2, -0.15) is 0 Å². The van der Waals surface area contributed by atoms with Crippen LogP contribution in [0.2, 0.25) is 0 Å². The maximum atomic E-state index is 10.1. The lowest BCUT2D eigenvalue weighted by atomic mass is 9.86. The molecule has 0 aliphatic carbocycles. The fourth-order valence-electron chi connectivity index (χ4n) is 1.90. The second-order valence-electron chi connectivity index (χ2n) is 5.74. The molecule has 2 unspecified atom stereocenters. The van der Waals surface area contributed by atoms with E-state index in [4.69, 9.17) is 0 Å². The Morgan fingerprint density at radius 2 is 1.69 bits per heavy atom. The van der Waals surface area contributed by atoms with Crippen molar-refractivity contribution in [3.05, 3.63) is 0 Å². The lowest BCUT2D eigenvalue weighted by Gasteiger charge is -2.29. The van der Waals surface area contributed by atoms with Gasteiger partial charge in [-0.15, -0.1) is 0 Å². The van der Waals surface area contributed by atoms with E-state index >= 15 is 0 Å².